The van der Waals surface area contributed by atoms with Crippen LogP contribution in [0.5, 0.6) is 0 Å². The SMILES string of the molecule is CN=C(NCc1ccc(COCC(F)(F)F)cc1)NCc1cnn(Cc2ccccc2)c1. The summed E-state index contributed by atoms with van der Waals surface area (Å²) in [5.74, 6) is 0.637. The monoisotopic (exact) mass is 445 g/mol. The molecule has 0 saturated carbocycles. The molecule has 0 bridgehead atoms. The largest absolute Gasteiger partial charge is 0.411 e. The van der Waals surface area contributed by atoms with Crippen molar-refractivity contribution in [3.63, 3.8) is 0 Å². The number of aliphatic imine (C=N–C) groups is 1. The molecule has 3 aromatic rings. The molecule has 6 nitrogen and oxygen atoms in total. The molecule has 0 radical (unpaired) electrons. The Hall–Kier alpha value is -3.33. The summed E-state index contributed by atoms with van der Waals surface area (Å²) in [5.41, 5.74) is 3.88. The number of aromatic nitrogens is 2. The first-order chi connectivity index (χ1) is 15.4. The van der Waals surface area contributed by atoms with E-state index in [4.69, 9.17) is 0 Å². The van der Waals surface area contributed by atoms with Crippen molar-refractivity contribution in [2.45, 2.75) is 32.4 Å². The number of nitrogens with zero attached hydrogens (tertiary/aromatic N) is 3. The molecule has 2 N–H and O–H groups in total. The highest BCUT2D eigenvalue weighted by molar-refractivity contribution is 5.79. The zero-order valence-electron chi connectivity index (χ0n) is 17.8. The first-order valence-electron chi connectivity index (χ1n) is 10.1. The Bertz CT molecular complexity index is 985. The number of guanidine groups is 1. The van der Waals surface area contributed by atoms with Crippen LogP contribution in [-0.4, -0.2) is 35.6 Å². The molecule has 1 aromatic heterocycles. The minimum absolute atomic E-state index is 0.0750. The highest BCUT2D eigenvalue weighted by Gasteiger charge is 2.27. The summed E-state index contributed by atoms with van der Waals surface area (Å²) in [4.78, 5) is 4.21. The highest BCUT2D eigenvalue weighted by Crippen LogP contribution is 2.15. The van der Waals surface area contributed by atoms with Gasteiger partial charge in [-0.2, -0.15) is 18.3 Å². The maximum Gasteiger partial charge on any atom is 0.411 e. The lowest BCUT2D eigenvalue weighted by atomic mass is 10.1. The second-order valence-electron chi connectivity index (χ2n) is 7.24. The minimum Gasteiger partial charge on any atom is -0.367 e. The van der Waals surface area contributed by atoms with Crippen LogP contribution >= 0.6 is 0 Å². The van der Waals surface area contributed by atoms with Crippen molar-refractivity contribution < 1.29 is 17.9 Å². The van der Waals surface area contributed by atoms with Gasteiger partial charge in [-0.3, -0.25) is 9.67 Å². The fourth-order valence-electron chi connectivity index (χ4n) is 2.98. The van der Waals surface area contributed by atoms with E-state index in [9.17, 15) is 13.2 Å². The number of halogens is 3. The van der Waals surface area contributed by atoms with Crippen LogP contribution in [0.15, 0.2) is 72.0 Å². The van der Waals surface area contributed by atoms with Crippen LogP contribution in [0.25, 0.3) is 0 Å². The lowest BCUT2D eigenvalue weighted by Crippen LogP contribution is -2.36. The molecular formula is C23H26F3N5O. The summed E-state index contributed by atoms with van der Waals surface area (Å²) in [6, 6.07) is 17.3. The number of benzene rings is 2. The Labute approximate surface area is 185 Å². The third kappa shape index (κ3) is 8.07. The Morgan fingerprint density at radius 3 is 2.25 bits per heavy atom. The lowest BCUT2D eigenvalue weighted by molar-refractivity contribution is -0.176. The van der Waals surface area contributed by atoms with Gasteiger partial charge in [0.2, 0.25) is 0 Å². The van der Waals surface area contributed by atoms with Gasteiger partial charge in [0.1, 0.15) is 6.61 Å². The van der Waals surface area contributed by atoms with Gasteiger partial charge in [-0.25, -0.2) is 0 Å². The van der Waals surface area contributed by atoms with E-state index in [-0.39, 0.29) is 6.61 Å². The van der Waals surface area contributed by atoms with E-state index in [0.29, 0.717) is 31.2 Å². The topological polar surface area (TPSA) is 63.5 Å². The molecule has 2 aromatic carbocycles. The van der Waals surface area contributed by atoms with E-state index in [1.165, 1.54) is 5.56 Å². The van der Waals surface area contributed by atoms with Gasteiger partial charge in [0, 0.05) is 31.9 Å². The van der Waals surface area contributed by atoms with E-state index in [1.54, 1.807) is 19.2 Å². The van der Waals surface area contributed by atoms with Crippen molar-refractivity contribution in [3.05, 3.63) is 89.2 Å². The molecule has 0 spiro atoms. The summed E-state index contributed by atoms with van der Waals surface area (Å²) in [5, 5.41) is 10.9. The number of hydrogen-bond acceptors (Lipinski definition) is 3. The van der Waals surface area contributed by atoms with Gasteiger partial charge in [-0.15, -0.1) is 0 Å². The summed E-state index contributed by atoms with van der Waals surface area (Å²) in [6.45, 7) is 0.490. The van der Waals surface area contributed by atoms with Crippen molar-refractivity contribution in [1.29, 1.82) is 0 Å². The molecule has 0 aliphatic rings. The van der Waals surface area contributed by atoms with Gasteiger partial charge in [0.05, 0.1) is 19.3 Å². The Morgan fingerprint density at radius 2 is 1.59 bits per heavy atom. The summed E-state index contributed by atoms with van der Waals surface area (Å²) in [7, 11) is 1.69. The third-order valence-electron chi connectivity index (χ3n) is 4.58. The molecule has 32 heavy (non-hydrogen) atoms. The molecule has 170 valence electrons. The van der Waals surface area contributed by atoms with Gasteiger partial charge in [-0.1, -0.05) is 54.6 Å². The summed E-state index contributed by atoms with van der Waals surface area (Å²) in [6.07, 6.45) is -0.497. The maximum atomic E-state index is 12.1. The molecule has 1 heterocycles. The fraction of sp³-hybridized carbons (Fsp3) is 0.304. The van der Waals surface area contributed by atoms with Crippen LogP contribution in [0.4, 0.5) is 13.2 Å². The second-order valence-corrected chi connectivity index (χ2v) is 7.24. The molecule has 9 heteroatoms. The second kappa shape index (κ2) is 11.3. The maximum absolute atomic E-state index is 12.1. The fourth-order valence-corrected chi connectivity index (χ4v) is 2.98. The Balaban J connectivity index is 1.41. The molecule has 0 fully saturated rings. The van der Waals surface area contributed by atoms with Crippen LogP contribution in [-0.2, 0) is 31.0 Å². The van der Waals surface area contributed by atoms with Crippen molar-refractivity contribution in [3.8, 4) is 0 Å². The van der Waals surface area contributed by atoms with E-state index in [0.717, 1.165) is 11.1 Å². The number of hydrogen-bond donors (Lipinski definition) is 2. The standard InChI is InChI=1S/C23H26F3N5O/c1-27-22(28-11-18-7-9-20(10-8-18)16-32-17-23(24,25)26)29-12-21-13-30-31(15-21)14-19-5-3-2-4-6-19/h2-10,13,15H,11-12,14,16-17H2,1H3,(H2,27,28,29). The number of nitrogens with one attached hydrogen (secondary N) is 2. The first-order valence-corrected chi connectivity index (χ1v) is 10.1. The highest BCUT2D eigenvalue weighted by atomic mass is 19.4. The molecular weight excluding hydrogens is 419 g/mol. The van der Waals surface area contributed by atoms with Crippen molar-refractivity contribution >= 4 is 5.96 Å². The van der Waals surface area contributed by atoms with E-state index in [1.807, 2.05) is 47.4 Å². The van der Waals surface area contributed by atoms with Crippen molar-refractivity contribution in [2.75, 3.05) is 13.7 Å². The Morgan fingerprint density at radius 1 is 0.938 bits per heavy atom. The molecule has 0 aliphatic heterocycles. The van der Waals surface area contributed by atoms with E-state index >= 15 is 0 Å². The summed E-state index contributed by atoms with van der Waals surface area (Å²) >= 11 is 0. The quantitative estimate of drug-likeness (QED) is 0.388. The summed E-state index contributed by atoms with van der Waals surface area (Å²) < 4.78 is 43.0. The first kappa shape index (κ1) is 23.3. The van der Waals surface area contributed by atoms with Gasteiger partial charge in [0.15, 0.2) is 5.96 Å². The number of ether oxygens (including phenoxy) is 1. The molecule has 0 atom stereocenters. The average Bonchev–Trinajstić information content (AvgIpc) is 3.22. The van der Waals surface area contributed by atoms with Crippen LogP contribution < -0.4 is 10.6 Å². The van der Waals surface area contributed by atoms with Gasteiger partial charge in [-0.05, 0) is 16.7 Å². The molecule has 0 amide bonds. The third-order valence-corrected chi connectivity index (χ3v) is 4.58. The Kier molecular flexibility index (Phi) is 8.27. The predicted molar refractivity (Wildman–Crippen MR) is 117 cm³/mol. The molecule has 0 unspecified atom stereocenters. The predicted octanol–water partition coefficient (Wildman–Crippen LogP) is 3.88. The average molecular weight is 445 g/mol. The zero-order chi connectivity index (χ0) is 22.8. The van der Waals surface area contributed by atoms with Crippen molar-refractivity contribution in [2.24, 2.45) is 4.99 Å². The number of alkyl halides is 3. The smallest absolute Gasteiger partial charge is 0.367 e. The van der Waals surface area contributed by atoms with Crippen LogP contribution in [0, 0.1) is 0 Å². The molecule has 0 aliphatic carbocycles. The number of rotatable bonds is 9. The van der Waals surface area contributed by atoms with Crippen LogP contribution in [0.3, 0.4) is 0 Å². The van der Waals surface area contributed by atoms with Gasteiger partial charge >= 0.3 is 6.18 Å². The lowest BCUT2D eigenvalue weighted by Gasteiger charge is -2.12. The van der Waals surface area contributed by atoms with E-state index < -0.39 is 12.8 Å². The normalized spacial score (nSPS) is 12.1. The molecule has 3 rings (SSSR count). The zero-order valence-corrected chi connectivity index (χ0v) is 17.8. The van der Waals surface area contributed by atoms with Gasteiger partial charge < -0.3 is 15.4 Å². The van der Waals surface area contributed by atoms with Crippen LogP contribution in [0.1, 0.15) is 22.3 Å². The van der Waals surface area contributed by atoms with Gasteiger partial charge in [0.25, 0.3) is 0 Å². The van der Waals surface area contributed by atoms with E-state index in [2.05, 4.69) is 37.6 Å². The van der Waals surface area contributed by atoms with Crippen LogP contribution in [0.2, 0.25) is 0 Å². The van der Waals surface area contributed by atoms with Crippen molar-refractivity contribution in [1.82, 2.24) is 20.4 Å². The molecule has 0 saturated heterocycles. The minimum atomic E-state index is -4.31.